The molecule has 1 saturated heterocycles. The van der Waals surface area contributed by atoms with Gasteiger partial charge in [-0.3, -0.25) is 9.69 Å². The molecular weight excluding hydrogens is 302 g/mol. The Balaban J connectivity index is 1.69. The van der Waals surface area contributed by atoms with E-state index >= 15 is 0 Å². The van der Waals surface area contributed by atoms with Crippen molar-refractivity contribution in [1.82, 2.24) is 14.8 Å². The Hall–Kier alpha value is -1.85. The number of rotatable bonds is 5. The molecule has 5 nitrogen and oxygen atoms in total. The maximum Gasteiger partial charge on any atom is 0.253 e. The molecule has 1 aliphatic heterocycles. The lowest BCUT2D eigenvalue weighted by molar-refractivity contribution is 0.0338. The van der Waals surface area contributed by atoms with E-state index in [1.54, 1.807) is 0 Å². The molecule has 1 N–H and O–H groups in total. The van der Waals surface area contributed by atoms with E-state index in [2.05, 4.69) is 23.7 Å². The number of H-pyrrole nitrogens is 1. The largest absolute Gasteiger partial charge is 0.379 e. The summed E-state index contributed by atoms with van der Waals surface area (Å²) in [5.41, 5.74) is 4.36. The lowest BCUT2D eigenvalue weighted by atomic mass is 10.1. The number of aryl methyl sites for hydroxylation is 2. The van der Waals surface area contributed by atoms with Crippen molar-refractivity contribution in [3.63, 3.8) is 0 Å². The van der Waals surface area contributed by atoms with Gasteiger partial charge in [-0.15, -0.1) is 0 Å². The summed E-state index contributed by atoms with van der Waals surface area (Å²) in [5, 5.41) is 1.15. The van der Waals surface area contributed by atoms with Crippen molar-refractivity contribution in [2.75, 3.05) is 46.4 Å². The van der Waals surface area contributed by atoms with Crippen LogP contribution in [0.1, 0.15) is 28.5 Å². The molecule has 0 saturated carbocycles. The van der Waals surface area contributed by atoms with E-state index in [1.165, 1.54) is 11.3 Å². The normalized spacial score (nSPS) is 15.8. The third-order valence-electron chi connectivity index (χ3n) is 4.96. The third kappa shape index (κ3) is 3.47. The van der Waals surface area contributed by atoms with Gasteiger partial charge in [-0.1, -0.05) is 6.92 Å². The molecule has 1 aromatic heterocycles. The van der Waals surface area contributed by atoms with E-state index < -0.39 is 0 Å². The molecule has 0 aliphatic carbocycles. The van der Waals surface area contributed by atoms with Gasteiger partial charge in [-0.25, -0.2) is 0 Å². The summed E-state index contributed by atoms with van der Waals surface area (Å²) < 4.78 is 5.36. The maximum absolute atomic E-state index is 12.7. The fraction of sp³-hybridized carbons (Fsp3) is 0.526. The van der Waals surface area contributed by atoms with E-state index in [-0.39, 0.29) is 5.91 Å². The number of aromatic amines is 1. The minimum atomic E-state index is 0.0869. The predicted molar refractivity (Wildman–Crippen MR) is 96.6 cm³/mol. The molecule has 130 valence electrons. The number of amides is 1. The van der Waals surface area contributed by atoms with Crippen LogP contribution in [0.4, 0.5) is 0 Å². The van der Waals surface area contributed by atoms with Crippen molar-refractivity contribution >= 4 is 16.8 Å². The fourth-order valence-corrected chi connectivity index (χ4v) is 3.31. The number of nitrogens with one attached hydrogen (secondary N) is 1. The molecule has 1 fully saturated rings. The van der Waals surface area contributed by atoms with Gasteiger partial charge in [-0.2, -0.15) is 0 Å². The monoisotopic (exact) mass is 329 g/mol. The highest BCUT2D eigenvalue weighted by Gasteiger charge is 2.16. The highest BCUT2D eigenvalue weighted by atomic mass is 16.5. The van der Waals surface area contributed by atoms with Gasteiger partial charge >= 0.3 is 0 Å². The Bertz CT molecular complexity index is 717. The van der Waals surface area contributed by atoms with Gasteiger partial charge in [-0.05, 0) is 37.1 Å². The molecule has 24 heavy (non-hydrogen) atoms. The van der Waals surface area contributed by atoms with Crippen LogP contribution in [-0.4, -0.2) is 67.1 Å². The lowest BCUT2D eigenvalue weighted by Gasteiger charge is -2.28. The Morgan fingerprint density at radius 3 is 2.79 bits per heavy atom. The van der Waals surface area contributed by atoms with Gasteiger partial charge in [0.2, 0.25) is 0 Å². The smallest absolute Gasteiger partial charge is 0.253 e. The quantitative estimate of drug-likeness (QED) is 0.916. The average molecular weight is 329 g/mol. The van der Waals surface area contributed by atoms with E-state index in [0.717, 1.165) is 62.3 Å². The van der Waals surface area contributed by atoms with Crippen molar-refractivity contribution < 1.29 is 9.53 Å². The number of morpholine rings is 1. The molecule has 3 rings (SSSR count). The highest BCUT2D eigenvalue weighted by molar-refractivity contribution is 5.99. The molecule has 1 aromatic carbocycles. The number of ether oxygens (including phenoxy) is 1. The molecule has 1 aliphatic rings. The molecule has 0 radical (unpaired) electrons. The highest BCUT2D eigenvalue weighted by Crippen LogP contribution is 2.23. The van der Waals surface area contributed by atoms with Gasteiger partial charge < -0.3 is 14.6 Å². The predicted octanol–water partition coefficient (Wildman–Crippen LogP) is 2.44. The minimum absolute atomic E-state index is 0.0869. The molecule has 0 spiro atoms. The summed E-state index contributed by atoms with van der Waals surface area (Å²) in [6.45, 7) is 9.39. The van der Waals surface area contributed by atoms with Crippen molar-refractivity contribution in [3.05, 3.63) is 35.0 Å². The van der Waals surface area contributed by atoms with Gasteiger partial charge in [0.05, 0.1) is 13.2 Å². The van der Waals surface area contributed by atoms with Crippen LogP contribution >= 0.6 is 0 Å². The van der Waals surface area contributed by atoms with Crippen LogP contribution in [-0.2, 0) is 11.2 Å². The summed E-state index contributed by atoms with van der Waals surface area (Å²) in [7, 11) is 1.88. The second-order valence-electron chi connectivity index (χ2n) is 6.52. The summed E-state index contributed by atoms with van der Waals surface area (Å²) in [5.74, 6) is 0.0869. The lowest BCUT2D eigenvalue weighted by Crippen LogP contribution is -2.41. The zero-order valence-electron chi connectivity index (χ0n) is 14.9. The first-order valence-corrected chi connectivity index (χ1v) is 8.77. The van der Waals surface area contributed by atoms with Crippen LogP contribution < -0.4 is 0 Å². The SMILES string of the molecule is CCc1[nH]c2ccc(C(=O)N(C)CCN3CCOCC3)cc2c1C. The second kappa shape index (κ2) is 7.36. The molecule has 2 heterocycles. The topological polar surface area (TPSA) is 48.6 Å². The van der Waals surface area contributed by atoms with E-state index in [4.69, 9.17) is 4.74 Å². The standard InChI is InChI=1S/C19H27N3O2/c1-4-17-14(2)16-13-15(5-6-18(16)20-17)19(23)21(3)7-8-22-9-11-24-12-10-22/h5-6,13,20H,4,7-12H2,1-3H3. The van der Waals surface area contributed by atoms with Crippen LogP contribution in [0.3, 0.4) is 0 Å². The number of carbonyl (C=O) groups is 1. The van der Waals surface area contributed by atoms with Crippen LogP contribution in [0, 0.1) is 6.92 Å². The molecule has 0 atom stereocenters. The maximum atomic E-state index is 12.7. The summed E-state index contributed by atoms with van der Waals surface area (Å²) in [4.78, 5) is 20.3. The molecule has 2 aromatic rings. The third-order valence-corrected chi connectivity index (χ3v) is 4.96. The number of nitrogens with zero attached hydrogens (tertiary/aromatic N) is 2. The van der Waals surface area contributed by atoms with E-state index in [0.29, 0.717) is 0 Å². The first-order chi connectivity index (χ1) is 11.6. The average Bonchev–Trinajstić information content (AvgIpc) is 2.95. The summed E-state index contributed by atoms with van der Waals surface area (Å²) in [6.07, 6.45) is 0.975. The molecule has 0 bridgehead atoms. The zero-order valence-corrected chi connectivity index (χ0v) is 14.9. The number of aromatic nitrogens is 1. The van der Waals surface area contributed by atoms with Crippen LogP contribution in [0.15, 0.2) is 18.2 Å². The molecular formula is C19H27N3O2. The van der Waals surface area contributed by atoms with Gasteiger partial charge in [0.25, 0.3) is 5.91 Å². The van der Waals surface area contributed by atoms with E-state index in [1.807, 2.05) is 30.1 Å². The second-order valence-corrected chi connectivity index (χ2v) is 6.52. The number of carbonyl (C=O) groups excluding carboxylic acids is 1. The minimum Gasteiger partial charge on any atom is -0.379 e. The Kier molecular flexibility index (Phi) is 5.21. The first kappa shape index (κ1) is 17.0. The van der Waals surface area contributed by atoms with Gasteiger partial charge in [0.1, 0.15) is 0 Å². The van der Waals surface area contributed by atoms with Gasteiger partial charge in [0.15, 0.2) is 0 Å². The Morgan fingerprint density at radius 1 is 1.33 bits per heavy atom. The van der Waals surface area contributed by atoms with Crippen molar-refractivity contribution in [2.45, 2.75) is 20.3 Å². The van der Waals surface area contributed by atoms with Gasteiger partial charge in [0, 0.05) is 55.4 Å². The number of benzene rings is 1. The number of fused-ring (bicyclic) bond motifs is 1. The first-order valence-electron chi connectivity index (χ1n) is 8.77. The zero-order chi connectivity index (χ0) is 17.1. The van der Waals surface area contributed by atoms with Crippen LogP contribution in [0.5, 0.6) is 0 Å². The molecule has 0 unspecified atom stereocenters. The van der Waals surface area contributed by atoms with Crippen molar-refractivity contribution in [1.29, 1.82) is 0 Å². The number of likely N-dealkylation sites (N-methyl/N-ethyl adjacent to an activating group) is 1. The summed E-state index contributed by atoms with van der Waals surface area (Å²) in [6, 6.07) is 5.96. The number of hydrogen-bond donors (Lipinski definition) is 1. The molecule has 1 amide bonds. The number of hydrogen-bond acceptors (Lipinski definition) is 3. The Morgan fingerprint density at radius 2 is 2.08 bits per heavy atom. The van der Waals surface area contributed by atoms with E-state index in [9.17, 15) is 4.79 Å². The van der Waals surface area contributed by atoms with Crippen molar-refractivity contribution in [2.24, 2.45) is 0 Å². The Labute approximate surface area is 143 Å². The van der Waals surface area contributed by atoms with Crippen molar-refractivity contribution in [3.8, 4) is 0 Å². The van der Waals surface area contributed by atoms with Crippen LogP contribution in [0.25, 0.3) is 10.9 Å². The summed E-state index contributed by atoms with van der Waals surface area (Å²) >= 11 is 0. The van der Waals surface area contributed by atoms with Crippen LogP contribution in [0.2, 0.25) is 0 Å². The molecule has 5 heteroatoms. The fourth-order valence-electron chi connectivity index (χ4n) is 3.31.